The molecule has 0 aliphatic carbocycles. The van der Waals surface area contributed by atoms with E-state index in [0.717, 1.165) is 0 Å². The summed E-state index contributed by atoms with van der Waals surface area (Å²) in [6.45, 7) is 4.14. The van der Waals surface area contributed by atoms with Crippen LogP contribution in [0.3, 0.4) is 0 Å². The molecule has 0 unspecified atom stereocenters. The molecule has 0 saturated heterocycles. The maximum Gasteiger partial charge on any atom is 0.344 e. The maximum atomic E-state index is 12.5. The van der Waals surface area contributed by atoms with Crippen molar-refractivity contribution in [2.75, 3.05) is 19.8 Å². The first kappa shape index (κ1) is 20.7. The lowest BCUT2D eigenvalue weighted by atomic mass is 10.1. The molecule has 8 nitrogen and oxygen atoms in total. The number of hydrogen-bond acceptors (Lipinski definition) is 7. The van der Waals surface area contributed by atoms with Crippen LogP contribution in [0.5, 0.6) is 5.75 Å². The summed E-state index contributed by atoms with van der Waals surface area (Å²) in [4.78, 5) is 39.4. The van der Waals surface area contributed by atoms with Gasteiger partial charge in [0.05, 0.1) is 23.3 Å². The normalized spacial score (nSPS) is 10.1. The molecule has 0 bridgehead atoms. The van der Waals surface area contributed by atoms with Crippen molar-refractivity contribution < 1.29 is 28.6 Å². The lowest BCUT2D eigenvalue weighted by molar-refractivity contribution is -0.144. The molecule has 1 N–H and O–H groups in total. The number of nitrogens with one attached hydrogen (secondary N) is 1. The molecule has 0 spiro atoms. The Labute approximate surface area is 162 Å². The third kappa shape index (κ3) is 4.76. The summed E-state index contributed by atoms with van der Waals surface area (Å²) in [5.74, 6) is -1.68. The van der Waals surface area contributed by atoms with E-state index in [1.807, 2.05) is 6.07 Å². The van der Waals surface area contributed by atoms with Crippen molar-refractivity contribution >= 4 is 17.7 Å². The summed E-state index contributed by atoms with van der Waals surface area (Å²) in [7, 11) is 0. The van der Waals surface area contributed by atoms with E-state index >= 15 is 0 Å². The third-order valence-corrected chi connectivity index (χ3v) is 3.85. The van der Waals surface area contributed by atoms with Gasteiger partial charge in [0.25, 0.3) is 0 Å². The van der Waals surface area contributed by atoms with Crippen LogP contribution in [0.15, 0.2) is 24.3 Å². The largest absolute Gasteiger partial charge is 0.481 e. The summed E-state index contributed by atoms with van der Waals surface area (Å²) < 4.78 is 15.2. The zero-order valence-corrected chi connectivity index (χ0v) is 15.8. The van der Waals surface area contributed by atoms with Gasteiger partial charge in [0, 0.05) is 11.4 Å². The summed E-state index contributed by atoms with van der Waals surface area (Å²) in [5.41, 5.74) is 1.55. The SMILES string of the molecule is CCOC(=O)c1c(C)[nH]c(C)c1C(=O)COC(=O)COc1ccccc1C#N. The van der Waals surface area contributed by atoms with Gasteiger partial charge < -0.3 is 19.2 Å². The fourth-order valence-corrected chi connectivity index (χ4v) is 2.67. The monoisotopic (exact) mass is 384 g/mol. The fourth-order valence-electron chi connectivity index (χ4n) is 2.67. The number of carbonyl (C=O) groups is 3. The van der Waals surface area contributed by atoms with E-state index < -0.39 is 30.9 Å². The molecule has 2 aromatic rings. The van der Waals surface area contributed by atoms with E-state index in [1.54, 1.807) is 45.0 Å². The van der Waals surface area contributed by atoms with Gasteiger partial charge in [0.15, 0.2) is 13.2 Å². The molecule has 0 saturated carbocycles. The number of aryl methyl sites for hydroxylation is 2. The van der Waals surface area contributed by atoms with E-state index in [0.29, 0.717) is 11.4 Å². The topological polar surface area (TPSA) is 118 Å². The van der Waals surface area contributed by atoms with Crippen molar-refractivity contribution in [1.82, 2.24) is 4.98 Å². The van der Waals surface area contributed by atoms with Crippen molar-refractivity contribution in [2.45, 2.75) is 20.8 Å². The number of ketones is 1. The summed E-state index contributed by atoms with van der Waals surface area (Å²) in [5, 5.41) is 8.99. The molecule has 0 amide bonds. The van der Waals surface area contributed by atoms with Crippen molar-refractivity contribution in [1.29, 1.82) is 5.26 Å². The molecular formula is C20H20N2O6. The number of rotatable bonds is 8. The van der Waals surface area contributed by atoms with Crippen LogP contribution in [0.2, 0.25) is 0 Å². The minimum absolute atomic E-state index is 0.138. The van der Waals surface area contributed by atoms with Crippen LogP contribution < -0.4 is 4.74 Å². The zero-order chi connectivity index (χ0) is 20.7. The highest BCUT2D eigenvalue weighted by molar-refractivity contribution is 6.09. The lowest BCUT2D eigenvalue weighted by Crippen LogP contribution is -2.21. The first-order valence-corrected chi connectivity index (χ1v) is 8.56. The van der Waals surface area contributed by atoms with Crippen LogP contribution in [0.1, 0.15) is 44.6 Å². The second-order valence-electron chi connectivity index (χ2n) is 5.83. The molecule has 0 atom stereocenters. The van der Waals surface area contributed by atoms with E-state index in [-0.39, 0.29) is 29.0 Å². The minimum atomic E-state index is -0.774. The van der Waals surface area contributed by atoms with E-state index in [2.05, 4.69) is 4.98 Å². The van der Waals surface area contributed by atoms with Gasteiger partial charge in [-0.15, -0.1) is 0 Å². The highest BCUT2D eigenvalue weighted by atomic mass is 16.6. The quantitative estimate of drug-likeness (QED) is 0.548. The van der Waals surface area contributed by atoms with E-state index in [1.165, 1.54) is 0 Å². The molecule has 1 heterocycles. The second kappa shape index (κ2) is 9.37. The molecule has 0 aliphatic heterocycles. The van der Waals surface area contributed by atoms with Gasteiger partial charge >= 0.3 is 11.9 Å². The molecule has 1 aromatic carbocycles. The Bertz CT molecular complexity index is 939. The first-order chi connectivity index (χ1) is 13.4. The Morgan fingerprint density at radius 2 is 1.71 bits per heavy atom. The third-order valence-electron chi connectivity index (χ3n) is 3.85. The number of para-hydroxylation sites is 1. The average Bonchev–Trinajstić information content (AvgIpc) is 2.98. The smallest absolute Gasteiger partial charge is 0.344 e. The van der Waals surface area contributed by atoms with Crippen LogP contribution >= 0.6 is 0 Å². The number of aromatic amines is 1. The molecule has 146 valence electrons. The van der Waals surface area contributed by atoms with E-state index in [4.69, 9.17) is 19.5 Å². The first-order valence-electron chi connectivity index (χ1n) is 8.56. The van der Waals surface area contributed by atoms with Gasteiger partial charge in [0.1, 0.15) is 11.8 Å². The fraction of sp³-hybridized carbons (Fsp3) is 0.300. The number of carbonyl (C=O) groups excluding carboxylic acids is 3. The summed E-state index contributed by atoms with van der Waals surface area (Å²) in [6.07, 6.45) is 0. The maximum absolute atomic E-state index is 12.5. The molecule has 1 aromatic heterocycles. The predicted octanol–water partition coefficient (Wildman–Crippen LogP) is 2.48. The van der Waals surface area contributed by atoms with Gasteiger partial charge in [-0.3, -0.25) is 4.79 Å². The summed E-state index contributed by atoms with van der Waals surface area (Å²) in [6, 6.07) is 8.39. The molecule has 0 radical (unpaired) electrons. The number of Topliss-reactive ketones (excluding diaryl/α,β-unsaturated/α-hetero) is 1. The number of benzene rings is 1. The van der Waals surface area contributed by atoms with Crippen LogP contribution in [-0.2, 0) is 14.3 Å². The highest BCUT2D eigenvalue weighted by Gasteiger charge is 2.26. The number of ether oxygens (including phenoxy) is 3. The standard InChI is InChI=1S/C20H20N2O6/c1-4-26-20(25)19-13(3)22-12(2)18(19)15(23)10-28-17(24)11-27-16-8-6-5-7-14(16)9-21/h5-8,22H,4,10-11H2,1-3H3. The van der Waals surface area contributed by atoms with Crippen molar-refractivity contribution in [3.63, 3.8) is 0 Å². The predicted molar refractivity (Wildman–Crippen MR) is 98.2 cm³/mol. The van der Waals surface area contributed by atoms with Gasteiger partial charge in [-0.25, -0.2) is 9.59 Å². The van der Waals surface area contributed by atoms with Gasteiger partial charge in [-0.2, -0.15) is 5.26 Å². The Morgan fingerprint density at radius 3 is 2.39 bits per heavy atom. The number of nitrogens with zero attached hydrogens (tertiary/aromatic N) is 1. The van der Waals surface area contributed by atoms with Gasteiger partial charge in [-0.1, -0.05) is 12.1 Å². The van der Waals surface area contributed by atoms with Gasteiger partial charge in [0.2, 0.25) is 5.78 Å². The Kier molecular flexibility index (Phi) is 6.93. The number of nitriles is 1. The number of H-pyrrole nitrogens is 1. The Morgan fingerprint density at radius 1 is 1.04 bits per heavy atom. The molecule has 0 aliphatic rings. The molecule has 28 heavy (non-hydrogen) atoms. The van der Waals surface area contributed by atoms with Crippen molar-refractivity contribution in [3.05, 3.63) is 52.3 Å². The van der Waals surface area contributed by atoms with Crippen LogP contribution in [0.4, 0.5) is 0 Å². The van der Waals surface area contributed by atoms with Crippen molar-refractivity contribution in [3.8, 4) is 11.8 Å². The molecule has 8 heteroatoms. The van der Waals surface area contributed by atoms with Crippen LogP contribution in [0, 0.1) is 25.2 Å². The summed E-state index contributed by atoms with van der Waals surface area (Å²) >= 11 is 0. The van der Waals surface area contributed by atoms with Crippen LogP contribution in [-0.4, -0.2) is 42.5 Å². The highest BCUT2D eigenvalue weighted by Crippen LogP contribution is 2.20. The molecule has 2 rings (SSSR count). The number of aromatic nitrogens is 1. The minimum Gasteiger partial charge on any atom is -0.481 e. The Hall–Kier alpha value is -3.60. The molecule has 0 fully saturated rings. The number of esters is 2. The van der Waals surface area contributed by atoms with Crippen molar-refractivity contribution in [2.24, 2.45) is 0 Å². The zero-order valence-electron chi connectivity index (χ0n) is 15.8. The Balaban J connectivity index is 2.00. The van der Waals surface area contributed by atoms with Gasteiger partial charge in [-0.05, 0) is 32.9 Å². The van der Waals surface area contributed by atoms with Crippen LogP contribution in [0.25, 0.3) is 0 Å². The number of hydrogen-bond donors (Lipinski definition) is 1. The second-order valence-corrected chi connectivity index (χ2v) is 5.83. The average molecular weight is 384 g/mol. The lowest BCUT2D eigenvalue weighted by Gasteiger charge is -2.09. The molecular weight excluding hydrogens is 364 g/mol. The van der Waals surface area contributed by atoms with E-state index in [9.17, 15) is 14.4 Å².